The predicted octanol–water partition coefficient (Wildman–Crippen LogP) is 1.15. The lowest BCUT2D eigenvalue weighted by atomic mass is 9.94. The van der Waals surface area contributed by atoms with Gasteiger partial charge in [0.15, 0.2) is 11.5 Å². The minimum atomic E-state index is -3.65. The predicted molar refractivity (Wildman–Crippen MR) is 99.9 cm³/mol. The van der Waals surface area contributed by atoms with Crippen LogP contribution in [-0.2, 0) is 22.9 Å². The Hall–Kier alpha value is -2.39. The zero-order valence-corrected chi connectivity index (χ0v) is 16.1. The molecule has 27 heavy (non-hydrogen) atoms. The second-order valence-corrected chi connectivity index (χ2v) is 8.62. The van der Waals surface area contributed by atoms with Crippen LogP contribution in [0.3, 0.4) is 0 Å². The molecule has 1 aliphatic heterocycles. The van der Waals surface area contributed by atoms with Crippen molar-refractivity contribution in [1.82, 2.24) is 14.7 Å². The first kappa shape index (κ1) is 18.0. The summed E-state index contributed by atoms with van der Waals surface area (Å²) in [4.78, 5) is 10.9. The van der Waals surface area contributed by atoms with Gasteiger partial charge in [0.25, 0.3) is 0 Å². The molecule has 0 radical (unpaired) electrons. The normalized spacial score (nSPS) is 18.7. The number of sulfonamides is 1. The van der Waals surface area contributed by atoms with E-state index in [1.165, 1.54) is 6.07 Å². The summed E-state index contributed by atoms with van der Waals surface area (Å²) < 4.78 is 39.3. The van der Waals surface area contributed by atoms with Gasteiger partial charge in [-0.05, 0) is 37.0 Å². The maximum atomic E-state index is 12.8. The Bertz CT molecular complexity index is 962. The number of hydrogen-bond donors (Lipinski definition) is 1. The van der Waals surface area contributed by atoms with Crippen LogP contribution in [0.4, 0.5) is 5.95 Å². The molecule has 9 heteroatoms. The molecule has 144 valence electrons. The number of hydrogen-bond acceptors (Lipinski definition) is 7. The second-order valence-electron chi connectivity index (χ2n) is 6.90. The molecule has 1 aromatic heterocycles. The van der Waals surface area contributed by atoms with Gasteiger partial charge in [0, 0.05) is 38.1 Å². The number of aromatic nitrogens is 2. The van der Waals surface area contributed by atoms with Gasteiger partial charge in [-0.25, -0.2) is 23.1 Å². The molecule has 0 saturated heterocycles. The van der Waals surface area contributed by atoms with Crippen molar-refractivity contribution in [3.63, 3.8) is 0 Å². The van der Waals surface area contributed by atoms with Gasteiger partial charge in [0.05, 0.1) is 4.90 Å². The molecule has 2 aliphatic rings. The van der Waals surface area contributed by atoms with E-state index in [1.807, 2.05) is 19.0 Å². The number of rotatable bonds is 4. The fourth-order valence-corrected chi connectivity index (χ4v) is 4.58. The average Bonchev–Trinajstić information content (AvgIpc) is 2.66. The highest BCUT2D eigenvalue weighted by molar-refractivity contribution is 7.89. The molecular weight excluding hydrogens is 368 g/mol. The van der Waals surface area contributed by atoms with Crippen LogP contribution in [0.25, 0.3) is 0 Å². The topological polar surface area (TPSA) is 93.7 Å². The summed E-state index contributed by atoms with van der Waals surface area (Å²) in [7, 11) is 0.143. The molecule has 1 aliphatic carbocycles. The van der Waals surface area contributed by atoms with Gasteiger partial charge in [-0.2, -0.15) is 0 Å². The number of fused-ring (bicyclic) bond motifs is 2. The zero-order valence-electron chi connectivity index (χ0n) is 15.3. The van der Waals surface area contributed by atoms with Gasteiger partial charge in [0.2, 0.25) is 16.0 Å². The third-order valence-electron chi connectivity index (χ3n) is 4.68. The van der Waals surface area contributed by atoms with Gasteiger partial charge in [0.1, 0.15) is 13.2 Å². The summed E-state index contributed by atoms with van der Waals surface area (Å²) in [6.07, 6.45) is 3.78. The Kier molecular flexibility index (Phi) is 4.65. The van der Waals surface area contributed by atoms with Crippen molar-refractivity contribution in [2.45, 2.75) is 30.2 Å². The summed E-state index contributed by atoms with van der Waals surface area (Å²) >= 11 is 0. The van der Waals surface area contributed by atoms with Crippen LogP contribution in [0.2, 0.25) is 0 Å². The summed E-state index contributed by atoms with van der Waals surface area (Å²) in [6, 6.07) is 4.50. The lowest BCUT2D eigenvalue weighted by Gasteiger charge is -2.25. The van der Waals surface area contributed by atoms with E-state index in [0.717, 1.165) is 11.3 Å². The quantitative estimate of drug-likeness (QED) is 0.837. The van der Waals surface area contributed by atoms with Gasteiger partial charge >= 0.3 is 0 Å². The zero-order chi connectivity index (χ0) is 19.0. The Morgan fingerprint density at radius 3 is 2.74 bits per heavy atom. The fraction of sp³-hybridized carbons (Fsp3) is 0.444. The summed E-state index contributed by atoms with van der Waals surface area (Å²) in [5.41, 5.74) is 1.98. The molecule has 0 bridgehead atoms. The molecule has 4 rings (SSSR count). The van der Waals surface area contributed by atoms with E-state index >= 15 is 0 Å². The number of benzene rings is 1. The lowest BCUT2D eigenvalue weighted by Crippen LogP contribution is -2.39. The molecule has 0 amide bonds. The molecule has 0 fully saturated rings. The van der Waals surface area contributed by atoms with Crippen molar-refractivity contribution in [3.05, 3.63) is 35.7 Å². The second kappa shape index (κ2) is 6.97. The van der Waals surface area contributed by atoms with E-state index in [2.05, 4.69) is 14.7 Å². The smallest absolute Gasteiger partial charge is 0.240 e. The van der Waals surface area contributed by atoms with E-state index < -0.39 is 10.0 Å². The first-order chi connectivity index (χ1) is 12.9. The van der Waals surface area contributed by atoms with Gasteiger partial charge in [-0.3, -0.25) is 0 Å². The minimum absolute atomic E-state index is 0.178. The molecule has 1 atom stereocenters. The van der Waals surface area contributed by atoms with E-state index in [-0.39, 0.29) is 10.9 Å². The van der Waals surface area contributed by atoms with Crippen molar-refractivity contribution in [2.24, 2.45) is 0 Å². The van der Waals surface area contributed by atoms with Crippen molar-refractivity contribution in [3.8, 4) is 11.5 Å². The molecule has 8 nitrogen and oxygen atoms in total. The Labute approximate surface area is 158 Å². The third-order valence-corrected chi connectivity index (χ3v) is 6.20. The highest BCUT2D eigenvalue weighted by atomic mass is 32.2. The van der Waals surface area contributed by atoms with E-state index in [9.17, 15) is 8.42 Å². The lowest BCUT2D eigenvalue weighted by molar-refractivity contribution is 0.171. The Morgan fingerprint density at radius 1 is 1.19 bits per heavy atom. The van der Waals surface area contributed by atoms with Crippen LogP contribution in [0.1, 0.15) is 17.7 Å². The van der Waals surface area contributed by atoms with Crippen molar-refractivity contribution >= 4 is 16.0 Å². The van der Waals surface area contributed by atoms with Gasteiger partial charge < -0.3 is 14.4 Å². The van der Waals surface area contributed by atoms with Crippen molar-refractivity contribution in [1.29, 1.82) is 0 Å². The van der Waals surface area contributed by atoms with E-state index in [1.54, 1.807) is 18.3 Å². The summed E-state index contributed by atoms with van der Waals surface area (Å²) in [5.74, 6) is 1.70. The maximum Gasteiger partial charge on any atom is 0.240 e. The third kappa shape index (κ3) is 3.70. The first-order valence-corrected chi connectivity index (χ1v) is 10.3. The Balaban J connectivity index is 1.50. The molecular formula is C18H22N4O4S. The highest BCUT2D eigenvalue weighted by Gasteiger charge is 2.27. The number of aryl methyl sites for hydroxylation is 1. The number of nitrogens with one attached hydrogen (secondary N) is 1. The maximum absolute atomic E-state index is 12.8. The molecule has 1 unspecified atom stereocenters. The largest absolute Gasteiger partial charge is 0.486 e. The molecule has 1 aromatic carbocycles. The van der Waals surface area contributed by atoms with E-state index in [4.69, 9.17) is 9.47 Å². The van der Waals surface area contributed by atoms with Crippen LogP contribution in [0.15, 0.2) is 29.3 Å². The van der Waals surface area contributed by atoms with Gasteiger partial charge in [-0.15, -0.1) is 0 Å². The summed E-state index contributed by atoms with van der Waals surface area (Å²) in [6.45, 7) is 0.884. The van der Waals surface area contributed by atoms with Crippen LogP contribution in [0, 0.1) is 0 Å². The highest BCUT2D eigenvalue weighted by Crippen LogP contribution is 2.32. The fourth-order valence-electron chi connectivity index (χ4n) is 3.29. The minimum Gasteiger partial charge on any atom is -0.486 e. The summed E-state index contributed by atoms with van der Waals surface area (Å²) in [5, 5.41) is 0. The van der Waals surface area contributed by atoms with Crippen LogP contribution < -0.4 is 19.1 Å². The standard InChI is InChI=1S/C18H22N4O4S/c1-22(2)18-19-11-12-9-13(3-5-15(12)20-18)21-27(23,24)14-4-6-16-17(10-14)26-8-7-25-16/h4,6,10-11,13,21H,3,5,7-9H2,1-2H3. The van der Waals surface area contributed by atoms with E-state index in [0.29, 0.717) is 49.9 Å². The van der Waals surface area contributed by atoms with Crippen LogP contribution >= 0.6 is 0 Å². The van der Waals surface area contributed by atoms with Crippen molar-refractivity contribution in [2.75, 3.05) is 32.2 Å². The molecule has 0 spiro atoms. The molecule has 2 aromatic rings. The van der Waals surface area contributed by atoms with Crippen molar-refractivity contribution < 1.29 is 17.9 Å². The molecule has 1 N–H and O–H groups in total. The van der Waals surface area contributed by atoms with Crippen LogP contribution in [0.5, 0.6) is 11.5 Å². The van der Waals surface area contributed by atoms with Crippen LogP contribution in [-0.4, -0.2) is 51.7 Å². The average molecular weight is 390 g/mol. The SMILES string of the molecule is CN(C)c1ncc2c(n1)CCC(NS(=O)(=O)c1ccc3c(c1)OCCO3)C2. The Morgan fingerprint density at radius 2 is 1.96 bits per heavy atom. The number of anilines is 1. The monoisotopic (exact) mass is 390 g/mol. The number of nitrogens with zero attached hydrogens (tertiary/aromatic N) is 3. The molecule has 0 saturated carbocycles. The molecule has 2 heterocycles. The first-order valence-electron chi connectivity index (χ1n) is 8.86. The number of ether oxygens (including phenoxy) is 2. The van der Waals surface area contributed by atoms with Gasteiger partial charge in [-0.1, -0.05) is 0 Å².